The Morgan fingerprint density at radius 2 is 1.38 bits per heavy atom. The largest absolute Gasteiger partial charge is 0.299 e. The Morgan fingerprint density at radius 3 is 1.62 bits per heavy atom. The molecule has 0 aromatic heterocycles. The lowest BCUT2D eigenvalue weighted by Gasteiger charge is -2.24. The van der Waals surface area contributed by atoms with Gasteiger partial charge in [0.25, 0.3) is 0 Å². The van der Waals surface area contributed by atoms with Gasteiger partial charge in [-0.25, -0.2) is 5.90 Å². The summed E-state index contributed by atoms with van der Waals surface area (Å²) < 4.78 is 0. The highest BCUT2D eigenvalue weighted by atomic mass is 33.1. The van der Waals surface area contributed by atoms with E-state index in [4.69, 9.17) is 10.7 Å². The second kappa shape index (κ2) is 4.91. The van der Waals surface area contributed by atoms with Crippen molar-refractivity contribution in [2.75, 3.05) is 0 Å². The van der Waals surface area contributed by atoms with Crippen LogP contribution in [0.1, 0.15) is 27.7 Å². The molecule has 2 atom stereocenters. The topological polar surface area (TPSA) is 35.2 Å². The van der Waals surface area contributed by atoms with Gasteiger partial charge < -0.3 is 0 Å². The third kappa shape index (κ3) is 2.55. The van der Waals surface area contributed by atoms with Crippen LogP contribution in [0.25, 0.3) is 0 Å². The summed E-state index contributed by atoms with van der Waals surface area (Å²) in [6, 6.07) is 0. The first-order valence-corrected chi connectivity index (χ1v) is 7.03. The smallest absolute Gasteiger partial charge is 0.104 e. The van der Waals surface area contributed by atoms with Crippen molar-refractivity contribution in [3.8, 4) is 0 Å². The van der Waals surface area contributed by atoms with Crippen molar-refractivity contribution in [2.24, 2.45) is 17.7 Å². The summed E-state index contributed by atoms with van der Waals surface area (Å²) in [6.45, 7) is 8.92. The Labute approximate surface area is 88.7 Å². The highest BCUT2D eigenvalue weighted by Gasteiger charge is 2.41. The first-order chi connectivity index (χ1) is 6.07. The van der Waals surface area contributed by atoms with Crippen LogP contribution < -0.4 is 5.90 Å². The standard InChI is InChI=1S/C9H19NOS2/c1-5(2)8-7(11-10)9(6(3)4)13-12-8/h5-9H,10H2,1-4H3. The van der Waals surface area contributed by atoms with Crippen LogP contribution in [-0.4, -0.2) is 16.6 Å². The molecule has 0 aromatic rings. The lowest BCUT2D eigenvalue weighted by molar-refractivity contribution is 0.0370. The number of nitrogens with two attached hydrogens (primary N) is 1. The van der Waals surface area contributed by atoms with Gasteiger partial charge in [-0.3, -0.25) is 4.84 Å². The molecule has 0 aromatic carbocycles. The fourth-order valence-electron chi connectivity index (χ4n) is 1.56. The summed E-state index contributed by atoms with van der Waals surface area (Å²) >= 11 is 0. The van der Waals surface area contributed by atoms with E-state index in [1.807, 2.05) is 21.6 Å². The van der Waals surface area contributed by atoms with E-state index in [1.165, 1.54) is 0 Å². The first-order valence-electron chi connectivity index (χ1n) is 4.75. The molecule has 2 nitrogen and oxygen atoms in total. The lowest BCUT2D eigenvalue weighted by atomic mass is 9.97. The third-order valence-electron chi connectivity index (χ3n) is 2.40. The van der Waals surface area contributed by atoms with Gasteiger partial charge in [0, 0.05) is 10.5 Å². The van der Waals surface area contributed by atoms with Crippen LogP contribution in [0.15, 0.2) is 0 Å². The average molecular weight is 221 g/mol. The van der Waals surface area contributed by atoms with Crippen molar-refractivity contribution < 1.29 is 4.84 Å². The first kappa shape index (κ1) is 11.7. The molecule has 78 valence electrons. The fraction of sp³-hybridized carbons (Fsp3) is 1.00. The van der Waals surface area contributed by atoms with Gasteiger partial charge in [-0.15, -0.1) is 0 Å². The molecular weight excluding hydrogens is 202 g/mol. The predicted octanol–water partition coefficient (Wildman–Crippen LogP) is 2.69. The van der Waals surface area contributed by atoms with Crippen LogP contribution in [0, 0.1) is 11.8 Å². The van der Waals surface area contributed by atoms with E-state index in [0.717, 1.165) is 0 Å². The van der Waals surface area contributed by atoms with E-state index >= 15 is 0 Å². The molecule has 0 amide bonds. The van der Waals surface area contributed by atoms with Gasteiger partial charge in [0.05, 0.1) is 0 Å². The maximum Gasteiger partial charge on any atom is 0.104 e. The van der Waals surface area contributed by atoms with Gasteiger partial charge in [0.15, 0.2) is 0 Å². The second-order valence-electron chi connectivity index (χ2n) is 4.21. The molecule has 1 aliphatic heterocycles. The Morgan fingerprint density at radius 1 is 1.00 bits per heavy atom. The van der Waals surface area contributed by atoms with Crippen molar-refractivity contribution in [3.05, 3.63) is 0 Å². The molecule has 0 aliphatic carbocycles. The third-order valence-corrected chi connectivity index (χ3v) is 6.24. The molecule has 2 N–H and O–H groups in total. The summed E-state index contributed by atoms with van der Waals surface area (Å²) in [5.74, 6) is 6.63. The second-order valence-corrected chi connectivity index (χ2v) is 6.84. The molecule has 4 heteroatoms. The maximum atomic E-state index is 5.36. The molecule has 1 heterocycles. The zero-order valence-corrected chi connectivity index (χ0v) is 10.3. The molecule has 0 saturated carbocycles. The molecule has 0 spiro atoms. The predicted molar refractivity (Wildman–Crippen MR) is 61.5 cm³/mol. The highest BCUT2D eigenvalue weighted by molar-refractivity contribution is 8.77. The van der Waals surface area contributed by atoms with E-state index in [9.17, 15) is 0 Å². The minimum atomic E-state index is 0.218. The van der Waals surface area contributed by atoms with Crippen LogP contribution in [0.4, 0.5) is 0 Å². The van der Waals surface area contributed by atoms with Crippen LogP contribution >= 0.6 is 21.6 Å². The van der Waals surface area contributed by atoms with E-state index in [2.05, 4.69) is 27.7 Å². The number of rotatable bonds is 3. The van der Waals surface area contributed by atoms with Gasteiger partial charge in [0.2, 0.25) is 0 Å². The Bertz CT molecular complexity index is 148. The van der Waals surface area contributed by atoms with Crippen molar-refractivity contribution in [3.63, 3.8) is 0 Å². The van der Waals surface area contributed by atoms with E-state index in [1.54, 1.807) is 0 Å². The zero-order chi connectivity index (χ0) is 10.0. The van der Waals surface area contributed by atoms with Crippen LogP contribution in [-0.2, 0) is 4.84 Å². The molecule has 0 bridgehead atoms. The Balaban J connectivity index is 2.63. The zero-order valence-electron chi connectivity index (χ0n) is 8.69. The SMILES string of the molecule is CC(C)C1SSC(C(C)C)C1ON. The van der Waals surface area contributed by atoms with Gasteiger partial charge in [0.1, 0.15) is 6.10 Å². The molecule has 1 fully saturated rings. The highest BCUT2D eigenvalue weighted by Crippen LogP contribution is 2.49. The monoisotopic (exact) mass is 221 g/mol. The lowest BCUT2D eigenvalue weighted by Crippen LogP contribution is -2.38. The van der Waals surface area contributed by atoms with E-state index in [-0.39, 0.29) is 6.10 Å². The summed E-state index contributed by atoms with van der Waals surface area (Å²) in [5, 5.41) is 1.09. The molecule has 13 heavy (non-hydrogen) atoms. The molecule has 1 aliphatic rings. The minimum Gasteiger partial charge on any atom is -0.299 e. The average Bonchev–Trinajstić information content (AvgIpc) is 2.46. The van der Waals surface area contributed by atoms with E-state index < -0.39 is 0 Å². The molecule has 0 radical (unpaired) electrons. The van der Waals surface area contributed by atoms with Crippen molar-refractivity contribution in [1.29, 1.82) is 0 Å². The minimum absolute atomic E-state index is 0.218. The Kier molecular flexibility index (Phi) is 4.42. The van der Waals surface area contributed by atoms with Crippen molar-refractivity contribution in [1.82, 2.24) is 0 Å². The van der Waals surface area contributed by atoms with Crippen LogP contribution in [0.5, 0.6) is 0 Å². The molecule has 2 unspecified atom stereocenters. The summed E-state index contributed by atoms with van der Waals surface area (Å²) in [4.78, 5) is 5.12. The number of hydrogen-bond acceptors (Lipinski definition) is 4. The summed E-state index contributed by atoms with van der Waals surface area (Å²) in [7, 11) is 3.86. The maximum absolute atomic E-state index is 5.36. The van der Waals surface area contributed by atoms with Gasteiger partial charge in [-0.2, -0.15) is 0 Å². The van der Waals surface area contributed by atoms with Gasteiger partial charge in [-0.05, 0) is 11.8 Å². The van der Waals surface area contributed by atoms with Crippen LogP contribution in [0.3, 0.4) is 0 Å². The Hall–Kier alpha value is 0.620. The van der Waals surface area contributed by atoms with Gasteiger partial charge >= 0.3 is 0 Å². The van der Waals surface area contributed by atoms with Crippen LogP contribution in [0.2, 0.25) is 0 Å². The molecular formula is C9H19NOS2. The fourth-order valence-corrected chi connectivity index (χ4v) is 5.81. The number of hydrogen-bond donors (Lipinski definition) is 1. The van der Waals surface area contributed by atoms with Crippen molar-refractivity contribution in [2.45, 2.75) is 44.3 Å². The molecule has 1 rings (SSSR count). The molecule has 1 saturated heterocycles. The van der Waals surface area contributed by atoms with E-state index in [0.29, 0.717) is 22.3 Å². The van der Waals surface area contributed by atoms with Gasteiger partial charge in [-0.1, -0.05) is 49.3 Å². The summed E-state index contributed by atoms with van der Waals surface area (Å²) in [5.41, 5.74) is 0. The van der Waals surface area contributed by atoms with Crippen molar-refractivity contribution >= 4 is 21.6 Å². The quantitative estimate of drug-likeness (QED) is 0.587. The normalized spacial score (nSPS) is 34.8. The summed E-state index contributed by atoms with van der Waals surface area (Å²) in [6.07, 6.45) is 0.218.